The summed E-state index contributed by atoms with van der Waals surface area (Å²) in [7, 11) is 0. The van der Waals surface area contributed by atoms with Crippen molar-refractivity contribution in [1.82, 2.24) is 4.90 Å². The minimum absolute atomic E-state index is 0.0522. The number of rotatable bonds is 3. The van der Waals surface area contributed by atoms with Crippen LogP contribution in [0.1, 0.15) is 44.0 Å². The molecule has 1 aromatic carbocycles. The molecule has 0 spiro atoms. The molecular weight excluding hydrogens is 258 g/mol. The maximum absolute atomic E-state index is 12.5. The van der Waals surface area contributed by atoms with Crippen molar-refractivity contribution < 1.29 is 4.79 Å². The predicted molar refractivity (Wildman–Crippen MR) is 79.8 cm³/mol. The summed E-state index contributed by atoms with van der Waals surface area (Å²) in [4.78, 5) is 14.8. The fourth-order valence-corrected chi connectivity index (χ4v) is 3.13. The molecule has 0 N–H and O–H groups in total. The number of hydrogen-bond acceptors (Lipinski definition) is 2. The second-order valence-electron chi connectivity index (χ2n) is 5.76. The summed E-state index contributed by atoms with van der Waals surface area (Å²) in [6.45, 7) is 7.55. The largest absolute Gasteiger partial charge is 0.292 e. The van der Waals surface area contributed by atoms with Crippen LogP contribution in [0.15, 0.2) is 24.3 Å². The highest BCUT2D eigenvalue weighted by atomic mass is 35.5. The first-order valence-corrected chi connectivity index (χ1v) is 7.42. The standard InChI is InChI=1S/C16H22ClNO/c1-11-8-9-18(12(2)10-11)13(3)16(19)14-4-6-15(17)7-5-14/h4-7,11-13H,8-10H2,1-3H3. The molecule has 3 unspecified atom stereocenters. The van der Waals surface area contributed by atoms with Crippen molar-refractivity contribution in [2.45, 2.75) is 45.7 Å². The van der Waals surface area contributed by atoms with Crippen LogP contribution < -0.4 is 0 Å². The number of halogens is 1. The highest BCUT2D eigenvalue weighted by Crippen LogP contribution is 2.25. The Kier molecular flexibility index (Phi) is 4.64. The molecule has 0 saturated carbocycles. The molecule has 104 valence electrons. The highest BCUT2D eigenvalue weighted by Gasteiger charge is 2.30. The highest BCUT2D eigenvalue weighted by molar-refractivity contribution is 6.30. The first-order chi connectivity index (χ1) is 8.99. The van der Waals surface area contributed by atoms with Crippen molar-refractivity contribution in [3.05, 3.63) is 34.9 Å². The molecule has 0 bridgehead atoms. The summed E-state index contributed by atoms with van der Waals surface area (Å²) < 4.78 is 0. The SMILES string of the molecule is CC1CCN(C(C)C(=O)c2ccc(Cl)cc2)C(C)C1. The number of carbonyl (C=O) groups excluding carboxylic acids is 1. The number of piperidine rings is 1. The third-order valence-electron chi connectivity index (χ3n) is 4.20. The van der Waals surface area contributed by atoms with Gasteiger partial charge in [-0.3, -0.25) is 9.69 Å². The van der Waals surface area contributed by atoms with E-state index in [-0.39, 0.29) is 11.8 Å². The number of benzene rings is 1. The Labute approximate surface area is 120 Å². The van der Waals surface area contributed by atoms with Crippen LogP contribution in [0, 0.1) is 5.92 Å². The molecule has 1 saturated heterocycles. The molecular formula is C16H22ClNO. The van der Waals surface area contributed by atoms with Crippen LogP contribution in [0.3, 0.4) is 0 Å². The molecule has 19 heavy (non-hydrogen) atoms. The molecule has 0 aromatic heterocycles. The zero-order valence-corrected chi connectivity index (χ0v) is 12.7. The van der Waals surface area contributed by atoms with E-state index in [1.54, 1.807) is 12.1 Å². The molecule has 2 nitrogen and oxygen atoms in total. The number of ketones is 1. The topological polar surface area (TPSA) is 20.3 Å². The van der Waals surface area contributed by atoms with E-state index in [1.807, 2.05) is 19.1 Å². The van der Waals surface area contributed by atoms with Gasteiger partial charge in [-0.1, -0.05) is 18.5 Å². The fraction of sp³-hybridized carbons (Fsp3) is 0.562. The van der Waals surface area contributed by atoms with Crippen LogP contribution in [0.2, 0.25) is 5.02 Å². The summed E-state index contributed by atoms with van der Waals surface area (Å²) >= 11 is 5.86. The lowest BCUT2D eigenvalue weighted by molar-refractivity contribution is 0.0628. The van der Waals surface area contributed by atoms with E-state index in [4.69, 9.17) is 11.6 Å². The maximum atomic E-state index is 12.5. The quantitative estimate of drug-likeness (QED) is 0.779. The van der Waals surface area contributed by atoms with Gasteiger partial charge in [0.15, 0.2) is 5.78 Å². The Morgan fingerprint density at radius 1 is 1.32 bits per heavy atom. The van der Waals surface area contributed by atoms with Crippen molar-refractivity contribution >= 4 is 17.4 Å². The Hall–Kier alpha value is -0.860. The van der Waals surface area contributed by atoms with E-state index >= 15 is 0 Å². The molecule has 1 fully saturated rings. The van der Waals surface area contributed by atoms with Crippen molar-refractivity contribution in [3.63, 3.8) is 0 Å². The lowest BCUT2D eigenvalue weighted by Gasteiger charge is -2.39. The zero-order chi connectivity index (χ0) is 14.0. The van der Waals surface area contributed by atoms with Gasteiger partial charge in [0.25, 0.3) is 0 Å². The van der Waals surface area contributed by atoms with E-state index in [0.717, 1.165) is 18.0 Å². The normalized spacial score (nSPS) is 26.1. The van der Waals surface area contributed by atoms with Crippen molar-refractivity contribution in [2.24, 2.45) is 5.92 Å². The molecule has 3 heteroatoms. The number of carbonyl (C=O) groups is 1. The molecule has 0 aliphatic carbocycles. The molecule has 3 atom stereocenters. The van der Waals surface area contributed by atoms with Gasteiger partial charge >= 0.3 is 0 Å². The number of hydrogen-bond donors (Lipinski definition) is 0. The third-order valence-corrected chi connectivity index (χ3v) is 4.45. The van der Waals surface area contributed by atoms with Crippen molar-refractivity contribution in [3.8, 4) is 0 Å². The van der Waals surface area contributed by atoms with Crippen LogP contribution in [0.5, 0.6) is 0 Å². The summed E-state index contributed by atoms with van der Waals surface area (Å²) in [5.41, 5.74) is 0.753. The van der Waals surface area contributed by atoms with Crippen molar-refractivity contribution in [1.29, 1.82) is 0 Å². The third kappa shape index (κ3) is 3.37. The van der Waals surface area contributed by atoms with Crippen LogP contribution in [0.4, 0.5) is 0 Å². The summed E-state index contributed by atoms with van der Waals surface area (Å²) in [6.07, 6.45) is 2.36. The molecule has 1 heterocycles. The van der Waals surface area contributed by atoms with Crippen LogP contribution in [0.25, 0.3) is 0 Å². The minimum Gasteiger partial charge on any atom is -0.292 e. The number of Topliss-reactive ketones (excluding diaryl/α,β-unsaturated/α-hetero) is 1. The Balaban J connectivity index is 2.08. The molecule has 1 aliphatic heterocycles. The van der Waals surface area contributed by atoms with E-state index in [9.17, 15) is 4.79 Å². The summed E-state index contributed by atoms with van der Waals surface area (Å²) in [5, 5.41) is 0.671. The average Bonchev–Trinajstić information content (AvgIpc) is 2.38. The van der Waals surface area contributed by atoms with Crippen LogP contribution in [-0.2, 0) is 0 Å². The van der Waals surface area contributed by atoms with Gasteiger partial charge < -0.3 is 0 Å². The Bertz CT molecular complexity index is 443. The van der Waals surface area contributed by atoms with Gasteiger partial charge in [-0.15, -0.1) is 0 Å². The summed E-state index contributed by atoms with van der Waals surface area (Å²) in [6, 6.07) is 7.63. The van der Waals surface area contributed by atoms with Gasteiger partial charge in [0.2, 0.25) is 0 Å². The van der Waals surface area contributed by atoms with Gasteiger partial charge in [-0.2, -0.15) is 0 Å². The van der Waals surface area contributed by atoms with Gasteiger partial charge in [0, 0.05) is 16.6 Å². The Morgan fingerprint density at radius 3 is 2.53 bits per heavy atom. The number of likely N-dealkylation sites (tertiary alicyclic amines) is 1. The second-order valence-corrected chi connectivity index (χ2v) is 6.20. The molecule has 0 radical (unpaired) electrons. The first-order valence-electron chi connectivity index (χ1n) is 7.04. The van der Waals surface area contributed by atoms with Crippen LogP contribution >= 0.6 is 11.6 Å². The van der Waals surface area contributed by atoms with E-state index in [0.29, 0.717) is 11.1 Å². The van der Waals surface area contributed by atoms with E-state index in [2.05, 4.69) is 18.7 Å². The van der Waals surface area contributed by atoms with E-state index < -0.39 is 0 Å². The Morgan fingerprint density at radius 2 is 1.95 bits per heavy atom. The molecule has 0 amide bonds. The molecule has 1 aliphatic rings. The smallest absolute Gasteiger partial charge is 0.179 e. The fourth-order valence-electron chi connectivity index (χ4n) is 3.01. The van der Waals surface area contributed by atoms with E-state index in [1.165, 1.54) is 12.8 Å². The number of nitrogens with zero attached hydrogens (tertiary/aromatic N) is 1. The lowest BCUT2D eigenvalue weighted by atomic mass is 9.91. The van der Waals surface area contributed by atoms with Crippen LogP contribution in [-0.4, -0.2) is 29.3 Å². The first kappa shape index (κ1) is 14.5. The van der Waals surface area contributed by atoms with Gasteiger partial charge in [-0.05, 0) is 63.4 Å². The lowest BCUT2D eigenvalue weighted by Crippen LogP contribution is -2.48. The maximum Gasteiger partial charge on any atom is 0.179 e. The molecule has 1 aromatic rings. The van der Waals surface area contributed by atoms with Gasteiger partial charge in [0.05, 0.1) is 6.04 Å². The molecule has 2 rings (SSSR count). The van der Waals surface area contributed by atoms with Gasteiger partial charge in [-0.25, -0.2) is 0 Å². The monoisotopic (exact) mass is 279 g/mol. The average molecular weight is 280 g/mol. The zero-order valence-electron chi connectivity index (χ0n) is 11.9. The predicted octanol–water partition coefficient (Wildman–Crippen LogP) is 4.03. The van der Waals surface area contributed by atoms with Crippen molar-refractivity contribution in [2.75, 3.05) is 6.54 Å². The van der Waals surface area contributed by atoms with Gasteiger partial charge in [0.1, 0.15) is 0 Å². The second kappa shape index (κ2) is 6.06. The minimum atomic E-state index is -0.0522. The summed E-state index contributed by atoms with van der Waals surface area (Å²) in [5.74, 6) is 0.960.